The maximum atomic E-state index is 5.52. The number of rotatable bonds is 3. The lowest BCUT2D eigenvalue weighted by Crippen LogP contribution is -1.96. The standard InChI is InChI=1S/C11H16N2S/c12-11-6-5-10(7-13-11)14-8-9-3-1-2-4-9/h5-7,9H,1-4,8H2,(H2,12,13). The highest BCUT2D eigenvalue weighted by atomic mass is 32.2. The molecule has 2 rings (SSSR count). The molecule has 1 saturated carbocycles. The normalized spacial score (nSPS) is 17.4. The summed E-state index contributed by atoms with van der Waals surface area (Å²) in [4.78, 5) is 5.32. The van der Waals surface area contributed by atoms with Crippen LogP contribution in [0.25, 0.3) is 0 Å². The molecule has 0 aromatic carbocycles. The van der Waals surface area contributed by atoms with Crippen molar-refractivity contribution in [1.29, 1.82) is 0 Å². The topological polar surface area (TPSA) is 38.9 Å². The van der Waals surface area contributed by atoms with E-state index in [2.05, 4.69) is 11.1 Å². The van der Waals surface area contributed by atoms with Crippen LogP contribution in [0.1, 0.15) is 25.7 Å². The molecule has 0 saturated heterocycles. The Morgan fingerprint density at radius 3 is 2.79 bits per heavy atom. The molecule has 1 aliphatic carbocycles. The van der Waals surface area contributed by atoms with E-state index in [-0.39, 0.29) is 0 Å². The zero-order valence-electron chi connectivity index (χ0n) is 8.28. The Morgan fingerprint density at radius 1 is 1.36 bits per heavy atom. The fourth-order valence-electron chi connectivity index (χ4n) is 1.87. The molecule has 1 fully saturated rings. The lowest BCUT2D eigenvalue weighted by molar-refractivity contribution is 0.623. The summed E-state index contributed by atoms with van der Waals surface area (Å²) in [7, 11) is 0. The van der Waals surface area contributed by atoms with E-state index in [4.69, 9.17) is 5.73 Å². The van der Waals surface area contributed by atoms with E-state index in [0.717, 1.165) is 5.92 Å². The van der Waals surface area contributed by atoms with Gasteiger partial charge in [0, 0.05) is 16.8 Å². The quantitative estimate of drug-likeness (QED) is 0.776. The van der Waals surface area contributed by atoms with Crippen LogP contribution in [0, 0.1) is 5.92 Å². The molecule has 2 nitrogen and oxygen atoms in total. The maximum Gasteiger partial charge on any atom is 0.123 e. The lowest BCUT2D eigenvalue weighted by atomic mass is 10.1. The molecular weight excluding hydrogens is 192 g/mol. The van der Waals surface area contributed by atoms with Gasteiger partial charge in [-0.05, 0) is 30.9 Å². The van der Waals surface area contributed by atoms with E-state index in [1.165, 1.54) is 36.3 Å². The Balaban J connectivity index is 1.82. The minimum atomic E-state index is 0.607. The number of pyridine rings is 1. The molecule has 0 unspecified atom stereocenters. The summed E-state index contributed by atoms with van der Waals surface area (Å²) in [5, 5.41) is 0. The third-order valence-corrected chi connectivity index (χ3v) is 3.93. The number of hydrogen-bond acceptors (Lipinski definition) is 3. The smallest absolute Gasteiger partial charge is 0.123 e. The van der Waals surface area contributed by atoms with Crippen molar-refractivity contribution < 1.29 is 0 Å². The number of nitrogen functional groups attached to an aromatic ring is 1. The van der Waals surface area contributed by atoms with Gasteiger partial charge in [-0.1, -0.05) is 12.8 Å². The summed E-state index contributed by atoms with van der Waals surface area (Å²) >= 11 is 1.91. The van der Waals surface area contributed by atoms with Crippen LogP contribution in [-0.4, -0.2) is 10.7 Å². The Bertz CT molecular complexity index is 278. The first-order valence-electron chi connectivity index (χ1n) is 5.19. The van der Waals surface area contributed by atoms with E-state index in [1.807, 2.05) is 24.0 Å². The van der Waals surface area contributed by atoms with Crippen LogP contribution in [-0.2, 0) is 0 Å². The van der Waals surface area contributed by atoms with Crippen LogP contribution < -0.4 is 5.73 Å². The number of thioether (sulfide) groups is 1. The molecule has 2 N–H and O–H groups in total. The van der Waals surface area contributed by atoms with Crippen LogP contribution in [0.15, 0.2) is 23.2 Å². The molecule has 14 heavy (non-hydrogen) atoms. The summed E-state index contributed by atoms with van der Waals surface area (Å²) < 4.78 is 0. The predicted molar refractivity (Wildman–Crippen MR) is 61.3 cm³/mol. The van der Waals surface area contributed by atoms with Gasteiger partial charge in [-0.2, -0.15) is 0 Å². The maximum absolute atomic E-state index is 5.52. The first-order valence-corrected chi connectivity index (χ1v) is 6.17. The van der Waals surface area contributed by atoms with E-state index < -0.39 is 0 Å². The minimum absolute atomic E-state index is 0.607. The third kappa shape index (κ3) is 2.64. The van der Waals surface area contributed by atoms with E-state index >= 15 is 0 Å². The average molecular weight is 208 g/mol. The van der Waals surface area contributed by atoms with E-state index in [1.54, 1.807) is 0 Å². The van der Waals surface area contributed by atoms with Gasteiger partial charge in [0.15, 0.2) is 0 Å². The molecule has 0 atom stereocenters. The van der Waals surface area contributed by atoms with E-state index in [0.29, 0.717) is 5.82 Å². The van der Waals surface area contributed by atoms with Crippen molar-refractivity contribution in [3.8, 4) is 0 Å². The monoisotopic (exact) mass is 208 g/mol. The molecule has 0 amide bonds. The molecule has 76 valence electrons. The first-order chi connectivity index (χ1) is 6.84. The van der Waals surface area contributed by atoms with Gasteiger partial charge >= 0.3 is 0 Å². The summed E-state index contributed by atoms with van der Waals surface area (Å²) in [6.45, 7) is 0. The van der Waals surface area contributed by atoms with Crippen molar-refractivity contribution in [3.63, 3.8) is 0 Å². The molecular formula is C11H16N2S. The molecule has 0 spiro atoms. The fourth-order valence-corrected chi connectivity index (χ4v) is 2.92. The summed E-state index contributed by atoms with van der Waals surface area (Å²) in [6.07, 6.45) is 7.54. The first kappa shape index (κ1) is 9.84. The lowest BCUT2D eigenvalue weighted by Gasteiger charge is -2.07. The number of nitrogens with two attached hydrogens (primary N) is 1. The average Bonchev–Trinajstić information content (AvgIpc) is 2.70. The van der Waals surface area contributed by atoms with Gasteiger partial charge in [-0.25, -0.2) is 4.98 Å². The Morgan fingerprint density at radius 2 is 2.14 bits per heavy atom. The van der Waals surface area contributed by atoms with Crippen molar-refractivity contribution in [2.24, 2.45) is 5.92 Å². The highest BCUT2D eigenvalue weighted by Crippen LogP contribution is 2.30. The molecule has 0 radical (unpaired) electrons. The van der Waals surface area contributed by atoms with Crippen molar-refractivity contribution >= 4 is 17.6 Å². The summed E-state index contributed by atoms with van der Waals surface area (Å²) in [5.41, 5.74) is 5.52. The highest BCUT2D eigenvalue weighted by molar-refractivity contribution is 7.99. The van der Waals surface area contributed by atoms with Crippen LogP contribution in [0.4, 0.5) is 5.82 Å². The van der Waals surface area contributed by atoms with Gasteiger partial charge in [0.1, 0.15) is 5.82 Å². The van der Waals surface area contributed by atoms with Gasteiger partial charge < -0.3 is 5.73 Å². The Kier molecular flexibility index (Phi) is 3.30. The molecule has 0 bridgehead atoms. The van der Waals surface area contributed by atoms with E-state index in [9.17, 15) is 0 Å². The van der Waals surface area contributed by atoms with Crippen molar-refractivity contribution in [2.45, 2.75) is 30.6 Å². The SMILES string of the molecule is Nc1ccc(SCC2CCCC2)cn1. The Labute approximate surface area is 89.3 Å². The van der Waals surface area contributed by atoms with Crippen LogP contribution in [0.3, 0.4) is 0 Å². The van der Waals surface area contributed by atoms with Gasteiger partial charge in [0.2, 0.25) is 0 Å². The number of nitrogens with zero attached hydrogens (tertiary/aromatic N) is 1. The molecule has 1 aliphatic rings. The summed E-state index contributed by atoms with van der Waals surface area (Å²) in [6, 6.07) is 3.93. The third-order valence-electron chi connectivity index (χ3n) is 2.72. The second-order valence-corrected chi connectivity index (χ2v) is 4.97. The number of anilines is 1. The predicted octanol–water partition coefficient (Wildman–Crippen LogP) is 2.95. The minimum Gasteiger partial charge on any atom is -0.384 e. The van der Waals surface area contributed by atoms with Crippen LogP contribution in [0.2, 0.25) is 0 Å². The fraction of sp³-hybridized carbons (Fsp3) is 0.545. The highest BCUT2D eigenvalue weighted by Gasteiger charge is 2.14. The van der Waals surface area contributed by atoms with Crippen molar-refractivity contribution in [2.75, 3.05) is 11.5 Å². The molecule has 0 aliphatic heterocycles. The molecule has 1 heterocycles. The van der Waals surface area contributed by atoms with Crippen LogP contribution in [0.5, 0.6) is 0 Å². The van der Waals surface area contributed by atoms with Crippen molar-refractivity contribution in [3.05, 3.63) is 18.3 Å². The number of aromatic nitrogens is 1. The zero-order chi connectivity index (χ0) is 9.80. The number of hydrogen-bond donors (Lipinski definition) is 1. The van der Waals surface area contributed by atoms with Gasteiger partial charge in [-0.3, -0.25) is 0 Å². The van der Waals surface area contributed by atoms with Crippen molar-refractivity contribution in [1.82, 2.24) is 4.98 Å². The molecule has 1 aromatic heterocycles. The Hall–Kier alpha value is -0.700. The van der Waals surface area contributed by atoms with Gasteiger partial charge in [0.05, 0.1) is 0 Å². The summed E-state index contributed by atoms with van der Waals surface area (Å²) in [5.74, 6) is 2.78. The largest absolute Gasteiger partial charge is 0.384 e. The zero-order valence-corrected chi connectivity index (χ0v) is 9.09. The second kappa shape index (κ2) is 4.69. The second-order valence-electron chi connectivity index (χ2n) is 3.88. The van der Waals surface area contributed by atoms with Crippen LogP contribution >= 0.6 is 11.8 Å². The molecule has 1 aromatic rings. The van der Waals surface area contributed by atoms with Gasteiger partial charge in [0.25, 0.3) is 0 Å². The van der Waals surface area contributed by atoms with Gasteiger partial charge in [-0.15, -0.1) is 11.8 Å². The molecule has 3 heteroatoms.